The molecule has 2 aromatic rings. The van der Waals surface area contributed by atoms with Crippen molar-refractivity contribution in [2.45, 2.75) is 6.61 Å². The van der Waals surface area contributed by atoms with Gasteiger partial charge in [0.1, 0.15) is 12.4 Å². The van der Waals surface area contributed by atoms with E-state index < -0.39 is 0 Å². The molecule has 0 fully saturated rings. The van der Waals surface area contributed by atoms with Gasteiger partial charge in [0.15, 0.2) is 0 Å². The molecule has 0 aliphatic carbocycles. The molecule has 0 saturated carbocycles. The van der Waals surface area contributed by atoms with E-state index >= 15 is 0 Å². The van der Waals surface area contributed by atoms with Gasteiger partial charge in [-0.15, -0.1) is 0 Å². The zero-order valence-corrected chi connectivity index (χ0v) is 12.4. The van der Waals surface area contributed by atoms with Crippen LogP contribution in [0, 0.1) is 0 Å². The van der Waals surface area contributed by atoms with Gasteiger partial charge in [-0.25, -0.2) is 0 Å². The third-order valence-corrected chi connectivity index (χ3v) is 3.81. The van der Waals surface area contributed by atoms with Gasteiger partial charge in [-0.1, -0.05) is 35.3 Å². The highest BCUT2D eigenvalue weighted by molar-refractivity contribution is 9.10. The van der Waals surface area contributed by atoms with Crippen molar-refractivity contribution in [3.05, 3.63) is 56.5 Å². The number of hydrogen-bond acceptors (Lipinski definition) is 2. The van der Waals surface area contributed by atoms with Crippen molar-refractivity contribution in [3.63, 3.8) is 0 Å². The second-order valence-electron chi connectivity index (χ2n) is 3.73. The molecule has 0 amide bonds. The Hall–Kier alpha value is -0.900. The van der Waals surface area contributed by atoms with Gasteiger partial charge in [-0.2, -0.15) is 0 Å². The summed E-state index contributed by atoms with van der Waals surface area (Å²) in [6.07, 6.45) is 0. The van der Waals surface area contributed by atoms with Crippen LogP contribution in [0.1, 0.15) is 5.56 Å². The highest BCUT2D eigenvalue weighted by Crippen LogP contribution is 2.34. The minimum atomic E-state index is 0.392. The Kier molecular flexibility index (Phi) is 4.38. The van der Waals surface area contributed by atoms with Crippen molar-refractivity contribution < 1.29 is 4.74 Å². The molecular formula is C13H10BrCl2NO. The lowest BCUT2D eigenvalue weighted by Crippen LogP contribution is -1.97. The number of nitrogen functional groups attached to an aromatic ring is 1. The summed E-state index contributed by atoms with van der Waals surface area (Å²) in [6.45, 7) is 0.392. The minimum Gasteiger partial charge on any atom is -0.487 e. The van der Waals surface area contributed by atoms with E-state index in [1.54, 1.807) is 12.1 Å². The first-order chi connectivity index (χ1) is 8.56. The Morgan fingerprint density at radius 2 is 1.89 bits per heavy atom. The van der Waals surface area contributed by atoms with Gasteiger partial charge < -0.3 is 10.5 Å². The van der Waals surface area contributed by atoms with E-state index in [2.05, 4.69) is 15.9 Å². The van der Waals surface area contributed by atoms with Gasteiger partial charge in [0, 0.05) is 16.2 Å². The van der Waals surface area contributed by atoms with Crippen molar-refractivity contribution in [2.75, 3.05) is 5.73 Å². The number of halogens is 3. The van der Waals surface area contributed by atoms with Gasteiger partial charge >= 0.3 is 0 Å². The number of hydrogen-bond donors (Lipinski definition) is 1. The molecule has 0 heterocycles. The third-order valence-electron chi connectivity index (χ3n) is 2.32. The Balaban J connectivity index is 2.13. The largest absolute Gasteiger partial charge is 0.487 e. The monoisotopic (exact) mass is 345 g/mol. The van der Waals surface area contributed by atoms with Gasteiger partial charge in [-0.05, 0) is 39.7 Å². The molecule has 5 heteroatoms. The molecule has 2 nitrogen and oxygen atoms in total. The van der Waals surface area contributed by atoms with Crippen molar-refractivity contribution in [1.82, 2.24) is 0 Å². The average Bonchev–Trinajstić information content (AvgIpc) is 2.32. The number of rotatable bonds is 3. The fourth-order valence-corrected chi connectivity index (χ4v) is 2.31. The van der Waals surface area contributed by atoms with Crippen LogP contribution in [0.25, 0.3) is 0 Å². The molecule has 0 aromatic heterocycles. The van der Waals surface area contributed by atoms with Gasteiger partial charge in [-0.3, -0.25) is 0 Å². The summed E-state index contributed by atoms with van der Waals surface area (Å²) < 4.78 is 6.36. The Bertz CT molecular complexity index is 575. The van der Waals surface area contributed by atoms with E-state index in [1.165, 1.54) is 0 Å². The van der Waals surface area contributed by atoms with Gasteiger partial charge in [0.05, 0.1) is 10.0 Å². The van der Waals surface area contributed by atoms with E-state index in [-0.39, 0.29) is 0 Å². The highest BCUT2D eigenvalue weighted by atomic mass is 79.9. The van der Waals surface area contributed by atoms with E-state index in [0.29, 0.717) is 28.1 Å². The normalized spacial score (nSPS) is 10.4. The SMILES string of the molecule is Nc1cccc(COc2cc(Cl)c(Br)cc2Cl)c1. The number of ether oxygens (including phenoxy) is 1. The zero-order valence-electron chi connectivity index (χ0n) is 9.29. The van der Waals surface area contributed by atoms with Crippen molar-refractivity contribution in [3.8, 4) is 5.75 Å². The molecule has 0 unspecified atom stereocenters. The van der Waals surface area contributed by atoms with Crippen molar-refractivity contribution >= 4 is 44.8 Å². The Morgan fingerprint density at radius 3 is 2.61 bits per heavy atom. The predicted octanol–water partition coefficient (Wildman–Crippen LogP) is 4.92. The predicted molar refractivity (Wildman–Crippen MR) is 79.3 cm³/mol. The second kappa shape index (κ2) is 5.83. The number of benzene rings is 2. The van der Waals surface area contributed by atoms with Crippen LogP contribution in [0.5, 0.6) is 5.75 Å². The van der Waals surface area contributed by atoms with Crippen LogP contribution in [0.4, 0.5) is 5.69 Å². The first-order valence-corrected chi connectivity index (χ1v) is 6.73. The molecule has 0 atom stereocenters. The summed E-state index contributed by atoms with van der Waals surface area (Å²) in [7, 11) is 0. The van der Waals surface area contributed by atoms with Gasteiger partial charge in [0.25, 0.3) is 0 Å². The van der Waals surface area contributed by atoms with Crippen LogP contribution < -0.4 is 10.5 Å². The molecule has 0 bridgehead atoms. The molecule has 2 N–H and O–H groups in total. The summed E-state index contributed by atoms with van der Waals surface area (Å²) in [6, 6.07) is 10.9. The molecule has 94 valence electrons. The third kappa shape index (κ3) is 3.31. The first kappa shape index (κ1) is 13.5. The standard InChI is InChI=1S/C13H10BrCl2NO/c14-10-5-12(16)13(6-11(10)15)18-7-8-2-1-3-9(17)4-8/h1-6H,7,17H2. The smallest absolute Gasteiger partial charge is 0.139 e. The molecule has 0 spiro atoms. The maximum atomic E-state index is 6.06. The molecule has 18 heavy (non-hydrogen) atoms. The summed E-state index contributed by atoms with van der Waals surface area (Å²) in [5, 5.41) is 1.07. The lowest BCUT2D eigenvalue weighted by molar-refractivity contribution is 0.306. The fourth-order valence-electron chi connectivity index (χ4n) is 1.46. The average molecular weight is 347 g/mol. The number of nitrogens with two attached hydrogens (primary N) is 1. The topological polar surface area (TPSA) is 35.2 Å². The van der Waals surface area contributed by atoms with Crippen LogP contribution in [-0.2, 0) is 6.61 Å². The van der Waals surface area contributed by atoms with Crippen LogP contribution in [0.3, 0.4) is 0 Å². The van der Waals surface area contributed by atoms with Crippen LogP contribution >= 0.6 is 39.1 Å². The summed E-state index contributed by atoms with van der Waals surface area (Å²) >= 11 is 15.3. The van der Waals surface area contributed by atoms with E-state index in [9.17, 15) is 0 Å². The molecule has 0 aliphatic rings. The van der Waals surface area contributed by atoms with Crippen LogP contribution in [-0.4, -0.2) is 0 Å². The van der Waals surface area contributed by atoms with E-state index in [0.717, 1.165) is 10.0 Å². The summed E-state index contributed by atoms with van der Waals surface area (Å²) in [4.78, 5) is 0. The van der Waals surface area contributed by atoms with E-state index in [1.807, 2.05) is 24.3 Å². The molecule has 0 saturated heterocycles. The quantitative estimate of drug-likeness (QED) is 0.632. The minimum absolute atomic E-state index is 0.392. The lowest BCUT2D eigenvalue weighted by Gasteiger charge is -2.09. The highest BCUT2D eigenvalue weighted by Gasteiger charge is 2.07. The van der Waals surface area contributed by atoms with Crippen molar-refractivity contribution in [2.24, 2.45) is 0 Å². The second-order valence-corrected chi connectivity index (χ2v) is 5.40. The molecule has 2 rings (SSSR count). The number of anilines is 1. The maximum Gasteiger partial charge on any atom is 0.139 e. The molecule has 0 aliphatic heterocycles. The van der Waals surface area contributed by atoms with Crippen LogP contribution in [0.2, 0.25) is 10.0 Å². The fraction of sp³-hybridized carbons (Fsp3) is 0.0769. The lowest BCUT2D eigenvalue weighted by atomic mass is 10.2. The summed E-state index contributed by atoms with van der Waals surface area (Å²) in [5.74, 6) is 0.548. The van der Waals surface area contributed by atoms with Gasteiger partial charge in [0.2, 0.25) is 0 Å². The zero-order chi connectivity index (χ0) is 13.1. The van der Waals surface area contributed by atoms with Crippen LogP contribution in [0.15, 0.2) is 40.9 Å². The first-order valence-electron chi connectivity index (χ1n) is 5.18. The molecule has 2 aromatic carbocycles. The van der Waals surface area contributed by atoms with Crippen molar-refractivity contribution in [1.29, 1.82) is 0 Å². The molecule has 0 radical (unpaired) electrons. The maximum absolute atomic E-state index is 6.06. The summed E-state index contributed by atoms with van der Waals surface area (Å²) in [5.41, 5.74) is 7.37. The van der Waals surface area contributed by atoms with E-state index in [4.69, 9.17) is 33.7 Å². The molecular weight excluding hydrogens is 337 g/mol. The Morgan fingerprint density at radius 1 is 1.11 bits per heavy atom. The Labute approximate surface area is 124 Å².